The summed E-state index contributed by atoms with van der Waals surface area (Å²) in [4.78, 5) is 11.1. The highest BCUT2D eigenvalue weighted by molar-refractivity contribution is 5.94. The largest absolute Gasteiger partial charge is 0.497 e. The molecule has 106 valence electrons. The molecule has 1 aromatic rings. The van der Waals surface area contributed by atoms with Crippen molar-refractivity contribution in [2.24, 2.45) is 5.92 Å². The minimum absolute atomic E-state index is 0.143. The lowest BCUT2D eigenvalue weighted by Crippen LogP contribution is -2.16. The molecular formula is C14H21NO4. The molecule has 0 heterocycles. The molecule has 5 nitrogen and oxygen atoms in total. The van der Waals surface area contributed by atoms with Crippen LogP contribution in [0.3, 0.4) is 0 Å². The fourth-order valence-electron chi connectivity index (χ4n) is 1.87. The minimum atomic E-state index is -0.972. The number of aliphatic hydroxyl groups excluding tert-OH is 1. The SMILES string of the molecule is CCC(CCO)CNc1cc(OC)ccc1C(=O)O. The van der Waals surface area contributed by atoms with Crippen LogP contribution in [0.25, 0.3) is 0 Å². The first-order valence-corrected chi connectivity index (χ1v) is 6.38. The number of nitrogens with one attached hydrogen (secondary N) is 1. The minimum Gasteiger partial charge on any atom is -0.497 e. The fourth-order valence-corrected chi connectivity index (χ4v) is 1.87. The van der Waals surface area contributed by atoms with E-state index in [1.165, 1.54) is 6.07 Å². The van der Waals surface area contributed by atoms with E-state index in [9.17, 15) is 4.79 Å². The molecule has 0 radical (unpaired) electrons. The van der Waals surface area contributed by atoms with E-state index in [1.54, 1.807) is 19.2 Å². The zero-order chi connectivity index (χ0) is 14.3. The van der Waals surface area contributed by atoms with Gasteiger partial charge in [0.15, 0.2) is 0 Å². The zero-order valence-corrected chi connectivity index (χ0v) is 11.3. The van der Waals surface area contributed by atoms with Crippen LogP contribution in [-0.4, -0.2) is 36.4 Å². The Bertz CT molecular complexity index is 420. The van der Waals surface area contributed by atoms with Crippen LogP contribution in [0.5, 0.6) is 5.75 Å². The molecule has 0 aromatic heterocycles. The van der Waals surface area contributed by atoms with Crippen LogP contribution in [0.4, 0.5) is 5.69 Å². The van der Waals surface area contributed by atoms with Gasteiger partial charge in [-0.1, -0.05) is 13.3 Å². The molecule has 1 rings (SSSR count). The standard InChI is InChI=1S/C14H21NO4/c1-3-10(6-7-16)9-15-13-8-11(19-2)4-5-12(13)14(17)18/h4-5,8,10,15-16H,3,6-7,9H2,1-2H3,(H,17,18). The molecule has 1 unspecified atom stereocenters. The monoisotopic (exact) mass is 267 g/mol. The van der Waals surface area contributed by atoms with Crippen molar-refractivity contribution in [3.63, 3.8) is 0 Å². The number of carbonyl (C=O) groups is 1. The molecule has 0 saturated heterocycles. The summed E-state index contributed by atoms with van der Waals surface area (Å²) in [5.74, 6) is -0.0408. The number of aromatic carboxylic acids is 1. The Balaban J connectivity index is 2.82. The topological polar surface area (TPSA) is 78.8 Å². The molecule has 3 N–H and O–H groups in total. The molecule has 0 aliphatic rings. The number of carboxylic acids is 1. The molecule has 1 atom stereocenters. The van der Waals surface area contributed by atoms with E-state index in [4.69, 9.17) is 14.9 Å². The van der Waals surface area contributed by atoms with Gasteiger partial charge in [-0.2, -0.15) is 0 Å². The second kappa shape index (κ2) is 7.63. The van der Waals surface area contributed by atoms with Crippen LogP contribution in [0.15, 0.2) is 18.2 Å². The summed E-state index contributed by atoms with van der Waals surface area (Å²) in [5, 5.41) is 21.2. The average Bonchev–Trinajstić information content (AvgIpc) is 2.42. The molecule has 1 aromatic carbocycles. The lowest BCUT2D eigenvalue weighted by molar-refractivity contribution is 0.0698. The summed E-state index contributed by atoms with van der Waals surface area (Å²) < 4.78 is 5.10. The Morgan fingerprint density at radius 3 is 2.74 bits per heavy atom. The second-order valence-electron chi connectivity index (χ2n) is 4.38. The van der Waals surface area contributed by atoms with Crippen molar-refractivity contribution in [2.75, 3.05) is 25.6 Å². The predicted molar refractivity (Wildman–Crippen MR) is 73.9 cm³/mol. The number of rotatable bonds is 8. The van der Waals surface area contributed by atoms with Gasteiger partial charge in [-0.3, -0.25) is 0 Å². The van der Waals surface area contributed by atoms with E-state index in [0.29, 0.717) is 30.3 Å². The molecule has 19 heavy (non-hydrogen) atoms. The highest BCUT2D eigenvalue weighted by Crippen LogP contribution is 2.23. The number of benzene rings is 1. The van der Waals surface area contributed by atoms with Crippen LogP contribution in [0.1, 0.15) is 30.1 Å². The van der Waals surface area contributed by atoms with E-state index in [-0.39, 0.29) is 12.2 Å². The molecule has 0 aliphatic heterocycles. The molecule has 0 saturated carbocycles. The highest BCUT2D eigenvalue weighted by Gasteiger charge is 2.12. The van der Waals surface area contributed by atoms with Gasteiger partial charge in [-0.25, -0.2) is 4.79 Å². The van der Waals surface area contributed by atoms with E-state index >= 15 is 0 Å². The van der Waals surface area contributed by atoms with Crippen LogP contribution < -0.4 is 10.1 Å². The molecule has 5 heteroatoms. The predicted octanol–water partition coefficient (Wildman–Crippen LogP) is 2.21. The Morgan fingerprint density at radius 2 is 2.21 bits per heavy atom. The summed E-state index contributed by atoms with van der Waals surface area (Å²) in [5.41, 5.74) is 0.767. The normalized spacial score (nSPS) is 11.9. The first-order valence-electron chi connectivity index (χ1n) is 6.38. The maximum absolute atomic E-state index is 11.1. The van der Waals surface area contributed by atoms with Crippen LogP contribution in [-0.2, 0) is 0 Å². The number of methoxy groups -OCH3 is 1. The number of carboxylic acid groups (broad SMARTS) is 1. The van der Waals surface area contributed by atoms with Gasteiger partial charge in [0.05, 0.1) is 18.4 Å². The maximum atomic E-state index is 11.1. The van der Waals surface area contributed by atoms with Crippen molar-refractivity contribution in [3.05, 3.63) is 23.8 Å². The summed E-state index contributed by atoms with van der Waals surface area (Å²) in [6.45, 7) is 2.82. The summed E-state index contributed by atoms with van der Waals surface area (Å²) in [6.07, 6.45) is 1.63. The maximum Gasteiger partial charge on any atom is 0.337 e. The summed E-state index contributed by atoms with van der Waals surface area (Å²) in [6, 6.07) is 4.82. The molecule has 0 spiro atoms. The van der Waals surface area contributed by atoms with Gasteiger partial charge in [-0.05, 0) is 24.5 Å². The lowest BCUT2D eigenvalue weighted by atomic mass is 10.0. The first kappa shape index (κ1) is 15.3. The summed E-state index contributed by atoms with van der Waals surface area (Å²) in [7, 11) is 1.54. The Hall–Kier alpha value is -1.75. The van der Waals surface area contributed by atoms with E-state index in [2.05, 4.69) is 5.32 Å². The van der Waals surface area contributed by atoms with E-state index in [0.717, 1.165) is 6.42 Å². The van der Waals surface area contributed by atoms with Gasteiger partial charge >= 0.3 is 5.97 Å². The Labute approximate surface area is 113 Å². The van der Waals surface area contributed by atoms with Crippen molar-refractivity contribution >= 4 is 11.7 Å². The van der Waals surface area contributed by atoms with Gasteiger partial charge in [0.25, 0.3) is 0 Å². The average molecular weight is 267 g/mol. The lowest BCUT2D eigenvalue weighted by Gasteiger charge is -2.17. The van der Waals surface area contributed by atoms with Gasteiger partial charge in [-0.15, -0.1) is 0 Å². The third-order valence-corrected chi connectivity index (χ3v) is 3.15. The van der Waals surface area contributed by atoms with E-state index in [1.807, 2.05) is 6.92 Å². The second-order valence-corrected chi connectivity index (χ2v) is 4.38. The van der Waals surface area contributed by atoms with Crippen molar-refractivity contribution < 1.29 is 19.7 Å². The molecule has 0 amide bonds. The van der Waals surface area contributed by atoms with Gasteiger partial charge in [0, 0.05) is 19.2 Å². The number of ether oxygens (including phenoxy) is 1. The summed E-state index contributed by atoms with van der Waals surface area (Å²) >= 11 is 0. The zero-order valence-electron chi connectivity index (χ0n) is 11.3. The Morgan fingerprint density at radius 1 is 1.47 bits per heavy atom. The fraction of sp³-hybridized carbons (Fsp3) is 0.500. The number of hydrogen-bond acceptors (Lipinski definition) is 4. The van der Waals surface area contributed by atoms with Crippen LogP contribution >= 0.6 is 0 Å². The van der Waals surface area contributed by atoms with Crippen molar-refractivity contribution in [1.29, 1.82) is 0 Å². The van der Waals surface area contributed by atoms with Crippen molar-refractivity contribution in [1.82, 2.24) is 0 Å². The number of anilines is 1. The Kier molecular flexibility index (Phi) is 6.15. The molecule has 0 bridgehead atoms. The van der Waals surface area contributed by atoms with Crippen molar-refractivity contribution in [2.45, 2.75) is 19.8 Å². The van der Waals surface area contributed by atoms with Crippen LogP contribution in [0.2, 0.25) is 0 Å². The van der Waals surface area contributed by atoms with Crippen LogP contribution in [0, 0.1) is 5.92 Å². The highest BCUT2D eigenvalue weighted by atomic mass is 16.5. The molecule has 0 aliphatic carbocycles. The van der Waals surface area contributed by atoms with Crippen molar-refractivity contribution in [3.8, 4) is 5.75 Å². The quantitative estimate of drug-likeness (QED) is 0.673. The third kappa shape index (κ3) is 4.44. The van der Waals surface area contributed by atoms with Gasteiger partial charge in [0.1, 0.15) is 5.75 Å². The number of hydrogen-bond donors (Lipinski definition) is 3. The molecular weight excluding hydrogens is 246 g/mol. The smallest absolute Gasteiger partial charge is 0.337 e. The van der Waals surface area contributed by atoms with E-state index < -0.39 is 5.97 Å². The third-order valence-electron chi connectivity index (χ3n) is 3.15. The van der Waals surface area contributed by atoms with Gasteiger partial charge < -0.3 is 20.3 Å². The molecule has 0 fully saturated rings. The van der Waals surface area contributed by atoms with Gasteiger partial charge in [0.2, 0.25) is 0 Å². The first-order chi connectivity index (χ1) is 9.12. The number of aliphatic hydroxyl groups is 1.